The molecule has 0 bridgehead atoms. The molecule has 0 amide bonds. The number of hydrogen-bond donors (Lipinski definition) is 1. The van der Waals surface area contributed by atoms with Gasteiger partial charge in [-0.1, -0.05) is 30.8 Å². The maximum absolute atomic E-state index is 13.2. The summed E-state index contributed by atoms with van der Waals surface area (Å²) in [5.74, 6) is -3.86. The number of esters is 4. The van der Waals surface area contributed by atoms with E-state index in [0.717, 1.165) is 30.3 Å². The largest absolute Gasteiger partial charge is 0.507 e. The van der Waals surface area contributed by atoms with Crippen molar-refractivity contribution in [1.82, 2.24) is 0 Å². The number of ether oxygens (including phenoxy) is 5. The van der Waals surface area contributed by atoms with Crippen molar-refractivity contribution < 1.29 is 56.7 Å². The van der Waals surface area contributed by atoms with E-state index < -0.39 is 47.5 Å². The highest BCUT2D eigenvalue weighted by Gasteiger charge is 2.19. The van der Waals surface area contributed by atoms with Crippen molar-refractivity contribution in [3.8, 4) is 11.5 Å². The number of phenolic OH excluding ortho intramolecular Hbond substituents is 1. The van der Waals surface area contributed by atoms with Gasteiger partial charge in [0, 0.05) is 12.1 Å². The van der Waals surface area contributed by atoms with Crippen LogP contribution in [-0.4, -0.2) is 66.3 Å². The van der Waals surface area contributed by atoms with Gasteiger partial charge in [0.2, 0.25) is 0 Å². The van der Waals surface area contributed by atoms with Crippen molar-refractivity contribution in [1.29, 1.82) is 0 Å². The van der Waals surface area contributed by atoms with Crippen molar-refractivity contribution in [2.45, 2.75) is 67.6 Å². The summed E-state index contributed by atoms with van der Waals surface area (Å²) in [6.07, 6.45) is 0. The van der Waals surface area contributed by atoms with E-state index in [1.807, 2.05) is 20.8 Å². The monoisotopic (exact) mass is 680 g/mol. The van der Waals surface area contributed by atoms with Crippen LogP contribution in [0, 0.1) is 11.6 Å². The van der Waals surface area contributed by atoms with Crippen LogP contribution >= 0.6 is 15.9 Å². The Balaban J connectivity index is -0.000000597. The van der Waals surface area contributed by atoms with Crippen molar-refractivity contribution >= 4 is 39.8 Å². The number of benzene rings is 2. The van der Waals surface area contributed by atoms with E-state index in [1.165, 1.54) is 20.3 Å². The Kier molecular flexibility index (Phi) is 20.5. The van der Waals surface area contributed by atoms with Crippen molar-refractivity contribution in [2.24, 2.45) is 0 Å². The fraction of sp³-hybridized carbons (Fsp3) is 0.467. The fourth-order valence-corrected chi connectivity index (χ4v) is 2.67. The summed E-state index contributed by atoms with van der Waals surface area (Å²) in [5, 5.41) is 9.32. The molecule has 0 aliphatic carbocycles. The molecule has 0 aromatic heterocycles. The summed E-state index contributed by atoms with van der Waals surface area (Å²) in [6.45, 7) is 10.2. The van der Waals surface area contributed by atoms with Gasteiger partial charge in [-0.2, -0.15) is 0 Å². The van der Waals surface area contributed by atoms with Gasteiger partial charge in [0.15, 0.2) is 6.61 Å². The Bertz CT molecular complexity index is 1190. The van der Waals surface area contributed by atoms with Crippen molar-refractivity contribution in [3.63, 3.8) is 0 Å². The minimum atomic E-state index is -0.688. The number of methoxy groups -OCH3 is 2. The Morgan fingerprint density at radius 3 is 1.56 bits per heavy atom. The zero-order valence-electron chi connectivity index (χ0n) is 24.1. The Hall–Kier alpha value is -3.74. The number of aromatic hydroxyl groups is 1. The second kappa shape index (κ2) is 20.2. The first-order valence-corrected chi connectivity index (χ1v) is 13.0. The first kappa shape index (κ1) is 43.7. The van der Waals surface area contributed by atoms with Gasteiger partial charge in [0.05, 0.1) is 14.2 Å². The molecule has 1 N–H and O–H groups in total. The Morgan fingerprint density at radius 2 is 1.16 bits per heavy atom. The maximum atomic E-state index is 13.2. The van der Waals surface area contributed by atoms with E-state index in [1.54, 1.807) is 20.8 Å². The van der Waals surface area contributed by atoms with E-state index in [2.05, 4.69) is 25.4 Å². The predicted octanol–water partition coefficient (Wildman–Crippen LogP) is 6.65. The molecule has 2 aromatic rings. The molecule has 0 saturated heterocycles. The summed E-state index contributed by atoms with van der Waals surface area (Å²) in [5.41, 5.74) is -1.00. The van der Waals surface area contributed by atoms with Gasteiger partial charge >= 0.3 is 23.9 Å². The molecule has 0 unspecified atom stereocenters. The van der Waals surface area contributed by atoms with Gasteiger partial charge in [0.25, 0.3) is 0 Å². The normalized spacial score (nSPS) is 10.0. The van der Waals surface area contributed by atoms with Crippen LogP contribution in [-0.2, 0) is 28.5 Å². The zero-order chi connectivity index (χ0) is 32.0. The molecular weight excluding hydrogens is 638 g/mol. The van der Waals surface area contributed by atoms with Crippen LogP contribution in [0.4, 0.5) is 8.78 Å². The quantitative estimate of drug-likeness (QED) is 0.201. The topological polar surface area (TPSA) is 135 Å². The molecule has 43 heavy (non-hydrogen) atoms. The third-order valence-electron chi connectivity index (χ3n) is 4.01. The summed E-state index contributed by atoms with van der Waals surface area (Å²) in [7, 11) is 2.38. The van der Waals surface area contributed by atoms with Gasteiger partial charge in [-0.05, 0) is 65.8 Å². The number of carbonyl (C=O) groups is 4. The van der Waals surface area contributed by atoms with Crippen molar-refractivity contribution in [3.05, 3.63) is 59.2 Å². The maximum Gasteiger partial charge on any atom is 0.344 e. The molecule has 13 heteroatoms. The number of alkyl halides is 1. The fourth-order valence-electron chi connectivity index (χ4n) is 2.56. The lowest BCUT2D eigenvalue weighted by atomic mass is 10.2. The SMILES string of the molecule is C.C.CC(C)(C)OC(=O)CBr.COC(=O)c1ccc(F)cc1O.COC(=O)c1ccc(F)cc1OCC(=O)OC(C)(C)C. The molecule has 0 saturated carbocycles. The van der Waals surface area contributed by atoms with Gasteiger partial charge in [0.1, 0.15) is 50.8 Å². The molecule has 0 atom stereocenters. The average Bonchev–Trinajstić information content (AvgIpc) is 2.85. The van der Waals surface area contributed by atoms with Gasteiger partial charge in [-0.3, -0.25) is 4.79 Å². The van der Waals surface area contributed by atoms with E-state index in [4.69, 9.17) is 19.3 Å². The minimum absolute atomic E-state index is 0. The number of hydrogen-bond acceptors (Lipinski definition) is 10. The van der Waals surface area contributed by atoms with E-state index in [0.29, 0.717) is 0 Å². The highest BCUT2D eigenvalue weighted by atomic mass is 79.9. The van der Waals surface area contributed by atoms with Gasteiger partial charge in [-0.15, -0.1) is 0 Å². The molecular formula is C30H43BrF2O10. The van der Waals surface area contributed by atoms with E-state index >= 15 is 0 Å². The summed E-state index contributed by atoms with van der Waals surface area (Å²) in [4.78, 5) is 44.4. The number of phenols is 1. The van der Waals surface area contributed by atoms with Gasteiger partial charge < -0.3 is 28.8 Å². The lowest BCUT2D eigenvalue weighted by Gasteiger charge is -2.19. The lowest BCUT2D eigenvalue weighted by Crippen LogP contribution is -2.27. The van der Waals surface area contributed by atoms with Crippen LogP contribution in [0.2, 0.25) is 0 Å². The van der Waals surface area contributed by atoms with Gasteiger partial charge in [-0.25, -0.2) is 23.2 Å². The van der Waals surface area contributed by atoms with E-state index in [-0.39, 0.29) is 48.6 Å². The number of rotatable bonds is 6. The van der Waals surface area contributed by atoms with Crippen LogP contribution in [0.5, 0.6) is 11.5 Å². The number of halogens is 3. The first-order chi connectivity index (χ1) is 18.8. The molecule has 0 radical (unpaired) electrons. The van der Waals surface area contributed by atoms with Crippen molar-refractivity contribution in [2.75, 3.05) is 26.2 Å². The van der Waals surface area contributed by atoms with Crippen LogP contribution < -0.4 is 4.74 Å². The van der Waals surface area contributed by atoms with Crippen LogP contribution in [0.1, 0.15) is 77.1 Å². The Labute approximate surface area is 260 Å². The smallest absolute Gasteiger partial charge is 0.344 e. The molecule has 2 rings (SSSR count). The molecule has 2 aromatic carbocycles. The third kappa shape index (κ3) is 19.1. The lowest BCUT2D eigenvalue weighted by molar-refractivity contribution is -0.157. The molecule has 0 spiro atoms. The summed E-state index contributed by atoms with van der Waals surface area (Å²) < 4.78 is 49.5. The molecule has 10 nitrogen and oxygen atoms in total. The van der Waals surface area contributed by atoms with Crippen LogP contribution in [0.25, 0.3) is 0 Å². The second-order valence-electron chi connectivity index (χ2n) is 9.88. The minimum Gasteiger partial charge on any atom is -0.507 e. The molecule has 0 heterocycles. The first-order valence-electron chi connectivity index (χ1n) is 11.9. The summed E-state index contributed by atoms with van der Waals surface area (Å²) in [6, 6.07) is 6.43. The number of carbonyl (C=O) groups excluding carboxylic acids is 4. The second-order valence-corrected chi connectivity index (χ2v) is 10.4. The van der Waals surface area contributed by atoms with Crippen LogP contribution in [0.3, 0.4) is 0 Å². The predicted molar refractivity (Wildman–Crippen MR) is 162 cm³/mol. The molecule has 244 valence electrons. The summed E-state index contributed by atoms with van der Waals surface area (Å²) >= 11 is 2.99. The standard InChI is InChI=1S/C14H17FO5.C8H7FO3.C6H11BrO2.2CH4/c1-14(2,3)20-12(16)8-19-11-7-9(15)5-6-10(11)13(17)18-4;1-12-8(11)6-3-2-5(9)4-7(6)10;1-6(2,3)9-5(8)4-7;;/h5-7H,8H2,1-4H3;2-4,10H,1H3;4H2,1-3H3;2*1H4. The highest BCUT2D eigenvalue weighted by Crippen LogP contribution is 2.21. The van der Waals surface area contributed by atoms with Crippen LogP contribution in [0.15, 0.2) is 36.4 Å². The zero-order valence-corrected chi connectivity index (χ0v) is 25.7. The third-order valence-corrected chi connectivity index (χ3v) is 4.47. The van der Waals surface area contributed by atoms with E-state index in [9.17, 15) is 28.0 Å². The molecule has 0 aliphatic heterocycles. The average molecular weight is 682 g/mol. The molecule has 0 aliphatic rings. The molecule has 0 fully saturated rings. The highest BCUT2D eigenvalue weighted by molar-refractivity contribution is 9.09. The Morgan fingerprint density at radius 1 is 0.744 bits per heavy atom.